The third kappa shape index (κ3) is 6.69. The molecule has 1 saturated carbocycles. The van der Waals surface area contributed by atoms with Gasteiger partial charge in [-0.15, -0.1) is 16.8 Å². The molecule has 0 radical (unpaired) electrons. The summed E-state index contributed by atoms with van der Waals surface area (Å²) < 4.78 is 1.93. The zero-order valence-corrected chi connectivity index (χ0v) is 20.6. The fourth-order valence-electron chi connectivity index (χ4n) is 4.19. The molecule has 1 aliphatic carbocycles. The summed E-state index contributed by atoms with van der Waals surface area (Å²) in [4.78, 5) is 25.4. The van der Waals surface area contributed by atoms with E-state index in [0.29, 0.717) is 29.0 Å². The summed E-state index contributed by atoms with van der Waals surface area (Å²) >= 11 is 1.37. The average molecular weight is 470 g/mol. The van der Waals surface area contributed by atoms with Crippen LogP contribution in [0.5, 0.6) is 0 Å². The van der Waals surface area contributed by atoms with E-state index >= 15 is 0 Å². The van der Waals surface area contributed by atoms with E-state index in [1.165, 1.54) is 31.0 Å². The van der Waals surface area contributed by atoms with Crippen molar-refractivity contribution < 1.29 is 9.59 Å². The van der Waals surface area contributed by atoms with Crippen LogP contribution in [0.25, 0.3) is 0 Å². The minimum atomic E-state index is -0.323. The van der Waals surface area contributed by atoms with Gasteiger partial charge in [0.25, 0.3) is 5.91 Å². The molecule has 0 unspecified atom stereocenters. The molecule has 3 rings (SSSR count). The van der Waals surface area contributed by atoms with Crippen LogP contribution in [-0.4, -0.2) is 38.4 Å². The number of thioether (sulfide) groups is 1. The maximum absolute atomic E-state index is 12.8. The summed E-state index contributed by atoms with van der Waals surface area (Å²) in [5, 5.41) is 15.7. The molecule has 1 fully saturated rings. The summed E-state index contributed by atoms with van der Waals surface area (Å²) in [5.74, 6) is 1.42. The van der Waals surface area contributed by atoms with Crippen molar-refractivity contribution >= 4 is 23.6 Å². The van der Waals surface area contributed by atoms with Gasteiger partial charge in [0.1, 0.15) is 0 Å². The van der Waals surface area contributed by atoms with Gasteiger partial charge in [0.15, 0.2) is 11.0 Å². The van der Waals surface area contributed by atoms with Gasteiger partial charge in [-0.05, 0) is 36.8 Å². The van der Waals surface area contributed by atoms with Crippen LogP contribution in [-0.2, 0) is 11.3 Å². The van der Waals surface area contributed by atoms with Crippen LogP contribution in [0, 0.1) is 11.8 Å². The van der Waals surface area contributed by atoms with E-state index in [2.05, 4.69) is 34.3 Å². The van der Waals surface area contributed by atoms with Crippen molar-refractivity contribution in [3.8, 4) is 0 Å². The molecule has 2 aromatic rings. The molecule has 3 atom stereocenters. The SMILES string of the molecule is C=CCn1c(SCC(=O)N[C@@H]2CCCC[C@H]2C)nnc1[C@H](NC(=O)c1ccccc1)C(C)C. The normalized spacial score (nSPS) is 19.2. The first-order valence-electron chi connectivity index (χ1n) is 11.7. The third-order valence-electron chi connectivity index (χ3n) is 6.11. The zero-order chi connectivity index (χ0) is 23.8. The monoisotopic (exact) mass is 469 g/mol. The Kier molecular flexibility index (Phi) is 9.11. The molecule has 0 spiro atoms. The van der Waals surface area contributed by atoms with Crippen molar-refractivity contribution in [1.29, 1.82) is 0 Å². The maximum Gasteiger partial charge on any atom is 0.251 e. The second kappa shape index (κ2) is 12.0. The zero-order valence-electron chi connectivity index (χ0n) is 19.8. The molecule has 7 nitrogen and oxygen atoms in total. The van der Waals surface area contributed by atoms with Gasteiger partial charge in [-0.25, -0.2) is 0 Å². The number of allylic oxidation sites excluding steroid dienone is 1. The van der Waals surface area contributed by atoms with E-state index < -0.39 is 0 Å². The number of benzene rings is 1. The molecule has 2 amide bonds. The molecule has 2 N–H and O–H groups in total. The molecule has 1 heterocycles. The van der Waals surface area contributed by atoms with Crippen molar-refractivity contribution in [1.82, 2.24) is 25.4 Å². The van der Waals surface area contributed by atoms with Crippen LogP contribution < -0.4 is 10.6 Å². The second-order valence-corrected chi connectivity index (χ2v) is 9.97. The summed E-state index contributed by atoms with van der Waals surface area (Å²) in [7, 11) is 0. The van der Waals surface area contributed by atoms with Crippen molar-refractivity contribution in [3.63, 3.8) is 0 Å². The fraction of sp³-hybridized carbons (Fsp3) is 0.520. The highest BCUT2D eigenvalue weighted by molar-refractivity contribution is 7.99. The molecule has 0 aliphatic heterocycles. The smallest absolute Gasteiger partial charge is 0.251 e. The van der Waals surface area contributed by atoms with E-state index in [1.807, 2.05) is 36.6 Å². The number of aromatic nitrogens is 3. The third-order valence-corrected chi connectivity index (χ3v) is 7.08. The van der Waals surface area contributed by atoms with Crippen molar-refractivity contribution in [3.05, 3.63) is 54.4 Å². The molecule has 33 heavy (non-hydrogen) atoms. The van der Waals surface area contributed by atoms with Crippen LogP contribution in [0.1, 0.15) is 68.7 Å². The summed E-state index contributed by atoms with van der Waals surface area (Å²) in [6.45, 7) is 10.6. The summed E-state index contributed by atoms with van der Waals surface area (Å²) in [6.07, 6.45) is 6.40. The predicted octanol–water partition coefficient (Wildman–Crippen LogP) is 4.38. The van der Waals surface area contributed by atoms with Crippen LogP contribution in [0.3, 0.4) is 0 Å². The first kappa shape index (κ1) is 25.0. The second-order valence-electron chi connectivity index (χ2n) is 9.03. The van der Waals surface area contributed by atoms with Crippen molar-refractivity contribution in [2.24, 2.45) is 11.8 Å². The highest BCUT2D eigenvalue weighted by Crippen LogP contribution is 2.27. The van der Waals surface area contributed by atoms with E-state index in [1.54, 1.807) is 18.2 Å². The first-order chi connectivity index (χ1) is 15.9. The number of rotatable bonds is 10. The lowest BCUT2D eigenvalue weighted by atomic mass is 9.86. The lowest BCUT2D eigenvalue weighted by Gasteiger charge is -2.29. The van der Waals surface area contributed by atoms with Gasteiger partial charge in [0.2, 0.25) is 5.91 Å². The number of nitrogens with zero attached hydrogens (tertiary/aromatic N) is 3. The molecule has 0 saturated heterocycles. The van der Waals surface area contributed by atoms with E-state index in [-0.39, 0.29) is 35.6 Å². The van der Waals surface area contributed by atoms with E-state index in [0.717, 1.165) is 6.42 Å². The predicted molar refractivity (Wildman–Crippen MR) is 132 cm³/mol. The van der Waals surface area contributed by atoms with Gasteiger partial charge in [-0.2, -0.15) is 0 Å². The Labute approximate surface area is 200 Å². The van der Waals surface area contributed by atoms with Gasteiger partial charge >= 0.3 is 0 Å². The quantitative estimate of drug-likeness (QED) is 0.398. The van der Waals surface area contributed by atoms with Gasteiger partial charge < -0.3 is 15.2 Å². The van der Waals surface area contributed by atoms with Crippen LogP contribution in [0.2, 0.25) is 0 Å². The minimum Gasteiger partial charge on any atom is -0.352 e. The summed E-state index contributed by atoms with van der Waals surface area (Å²) in [5.41, 5.74) is 0.598. The Morgan fingerprint density at radius 3 is 2.61 bits per heavy atom. The lowest BCUT2D eigenvalue weighted by molar-refractivity contribution is -0.119. The van der Waals surface area contributed by atoms with Crippen LogP contribution >= 0.6 is 11.8 Å². The largest absolute Gasteiger partial charge is 0.352 e. The van der Waals surface area contributed by atoms with E-state index in [4.69, 9.17) is 0 Å². The van der Waals surface area contributed by atoms with Gasteiger partial charge in [-0.1, -0.05) is 69.6 Å². The Morgan fingerprint density at radius 2 is 1.94 bits per heavy atom. The van der Waals surface area contributed by atoms with Gasteiger partial charge in [-0.3, -0.25) is 9.59 Å². The number of carbonyl (C=O) groups excluding carboxylic acids is 2. The molecule has 1 aromatic carbocycles. The maximum atomic E-state index is 12.8. The Hall–Kier alpha value is -2.61. The highest BCUT2D eigenvalue weighted by atomic mass is 32.2. The number of hydrogen-bond acceptors (Lipinski definition) is 5. The van der Waals surface area contributed by atoms with Gasteiger partial charge in [0, 0.05) is 18.2 Å². The van der Waals surface area contributed by atoms with E-state index in [9.17, 15) is 9.59 Å². The highest BCUT2D eigenvalue weighted by Gasteiger charge is 2.27. The van der Waals surface area contributed by atoms with Crippen LogP contribution in [0.15, 0.2) is 48.1 Å². The average Bonchev–Trinajstić information content (AvgIpc) is 3.20. The number of carbonyl (C=O) groups is 2. The lowest BCUT2D eigenvalue weighted by Crippen LogP contribution is -2.41. The topological polar surface area (TPSA) is 88.9 Å². The molecule has 8 heteroatoms. The number of amides is 2. The fourth-order valence-corrected chi connectivity index (χ4v) is 4.96. The minimum absolute atomic E-state index is 0.0197. The van der Waals surface area contributed by atoms with Crippen LogP contribution in [0.4, 0.5) is 0 Å². The molecule has 1 aliphatic rings. The standard InChI is InChI=1S/C25H35N5O2S/c1-5-15-30-23(22(17(2)3)27-24(32)19-12-7-6-8-13-19)28-29-25(30)33-16-21(31)26-20-14-10-9-11-18(20)4/h5-8,12-13,17-18,20,22H,1,9-11,14-16H2,2-4H3,(H,26,31)(H,27,32)/t18-,20-,22-/m1/s1. The molecule has 0 bridgehead atoms. The summed E-state index contributed by atoms with van der Waals surface area (Å²) in [6, 6.07) is 9.07. The van der Waals surface area contributed by atoms with Gasteiger partial charge in [0.05, 0.1) is 11.8 Å². The first-order valence-corrected chi connectivity index (χ1v) is 12.7. The molecular formula is C25H35N5O2S. The Bertz CT molecular complexity index is 944. The van der Waals surface area contributed by atoms with Crippen molar-refractivity contribution in [2.75, 3.05) is 5.75 Å². The number of hydrogen-bond donors (Lipinski definition) is 2. The van der Waals surface area contributed by atoms with Crippen molar-refractivity contribution in [2.45, 2.75) is 70.2 Å². The molecular weight excluding hydrogens is 434 g/mol. The molecule has 178 valence electrons. The Balaban J connectivity index is 1.70. The number of nitrogens with one attached hydrogen (secondary N) is 2. The molecule has 1 aromatic heterocycles. The Morgan fingerprint density at radius 1 is 1.21 bits per heavy atom.